The molecule has 0 amide bonds. The minimum atomic E-state index is -4.53. The van der Waals surface area contributed by atoms with Crippen LogP contribution in [0.4, 0.5) is 24.7 Å². The van der Waals surface area contributed by atoms with Gasteiger partial charge in [-0.25, -0.2) is 4.98 Å². The van der Waals surface area contributed by atoms with E-state index in [4.69, 9.17) is 0 Å². The number of piperidine rings is 1. The number of rotatable bonds is 5. The fraction of sp³-hybridized carbons (Fsp3) is 0.542. The number of aromatic nitrogens is 1. The number of alkyl halides is 3. The molecule has 0 spiro atoms. The number of hydrogen-bond acceptors (Lipinski definition) is 4. The molecule has 0 radical (unpaired) electrons. The zero-order valence-electron chi connectivity index (χ0n) is 18.1. The van der Waals surface area contributed by atoms with Gasteiger partial charge in [-0.15, -0.1) is 0 Å². The predicted molar refractivity (Wildman–Crippen MR) is 121 cm³/mol. The van der Waals surface area contributed by atoms with Crippen molar-refractivity contribution >= 4 is 27.9 Å². The highest BCUT2D eigenvalue weighted by molar-refractivity contribution is 6.01. The van der Waals surface area contributed by atoms with Gasteiger partial charge in [0.05, 0.1) is 11.3 Å². The lowest BCUT2D eigenvalue weighted by Gasteiger charge is -2.30. The summed E-state index contributed by atoms with van der Waals surface area (Å²) < 4.78 is 40.7. The maximum Gasteiger partial charge on any atom is 0.417 e. The molecule has 31 heavy (non-hydrogen) atoms. The van der Waals surface area contributed by atoms with Crippen LogP contribution in [0.2, 0.25) is 0 Å². The fourth-order valence-electron chi connectivity index (χ4n) is 4.67. The number of fused-ring (bicyclic) bond motifs is 1. The van der Waals surface area contributed by atoms with Gasteiger partial charge in [0.2, 0.25) is 0 Å². The molecule has 1 saturated carbocycles. The van der Waals surface area contributed by atoms with Crippen LogP contribution in [-0.2, 0) is 0 Å². The molecular formula is C24H31F3N4. The second-order valence-corrected chi connectivity index (χ2v) is 8.93. The molecular weight excluding hydrogens is 401 g/mol. The summed E-state index contributed by atoms with van der Waals surface area (Å²) >= 11 is 0. The largest absolute Gasteiger partial charge is 0.417 e. The highest BCUT2D eigenvalue weighted by Gasteiger charge is 2.35. The molecule has 7 heteroatoms. The monoisotopic (exact) mass is 432 g/mol. The third-order valence-electron chi connectivity index (χ3n) is 6.54. The number of likely N-dealkylation sites (tertiary alicyclic amines) is 1. The number of allylic oxidation sites excluding steroid dienone is 1. The van der Waals surface area contributed by atoms with Gasteiger partial charge in [-0.1, -0.05) is 38.0 Å². The van der Waals surface area contributed by atoms with E-state index in [1.54, 1.807) is 12.1 Å². The van der Waals surface area contributed by atoms with Crippen LogP contribution in [0.1, 0.15) is 50.6 Å². The Morgan fingerprint density at radius 3 is 2.35 bits per heavy atom. The highest BCUT2D eigenvalue weighted by atomic mass is 19.4. The molecule has 1 aromatic heterocycles. The van der Waals surface area contributed by atoms with Gasteiger partial charge >= 0.3 is 6.18 Å². The van der Waals surface area contributed by atoms with Gasteiger partial charge in [-0.3, -0.25) is 0 Å². The van der Waals surface area contributed by atoms with E-state index in [9.17, 15) is 13.2 Å². The molecule has 4 rings (SSSR count). The number of anilines is 2. The molecule has 0 bridgehead atoms. The molecule has 168 valence electrons. The third-order valence-corrected chi connectivity index (χ3v) is 6.54. The number of nitrogens with zero attached hydrogens (tertiary/aromatic N) is 2. The van der Waals surface area contributed by atoms with Crippen molar-refractivity contribution in [2.75, 3.05) is 30.8 Å². The molecule has 1 saturated heterocycles. The van der Waals surface area contributed by atoms with E-state index in [2.05, 4.69) is 34.1 Å². The Balaban J connectivity index is 1.72. The first-order chi connectivity index (χ1) is 14.8. The molecule has 2 heterocycles. The van der Waals surface area contributed by atoms with E-state index in [-0.39, 0.29) is 11.7 Å². The first kappa shape index (κ1) is 21.9. The van der Waals surface area contributed by atoms with Gasteiger partial charge in [0.15, 0.2) is 0 Å². The third kappa shape index (κ3) is 5.14. The van der Waals surface area contributed by atoms with Crippen LogP contribution in [0.25, 0.3) is 16.3 Å². The van der Waals surface area contributed by atoms with Crippen LogP contribution in [0.15, 0.2) is 30.8 Å². The number of benzene rings is 1. The van der Waals surface area contributed by atoms with E-state index in [1.807, 2.05) is 12.1 Å². The quantitative estimate of drug-likeness (QED) is 0.602. The number of halogens is 3. The number of nitrogens with one attached hydrogen (secondary N) is 2. The van der Waals surface area contributed by atoms with Crippen molar-refractivity contribution in [3.05, 3.63) is 36.5 Å². The van der Waals surface area contributed by atoms with Crippen LogP contribution >= 0.6 is 0 Å². The summed E-state index contributed by atoms with van der Waals surface area (Å²) in [6.45, 7) is 5.36. The Hall–Kier alpha value is -2.28. The minimum Gasteiger partial charge on any atom is -0.382 e. The van der Waals surface area contributed by atoms with E-state index in [0.29, 0.717) is 17.2 Å². The Morgan fingerprint density at radius 2 is 1.68 bits per heavy atom. The zero-order chi connectivity index (χ0) is 22.0. The van der Waals surface area contributed by atoms with Crippen molar-refractivity contribution in [3.63, 3.8) is 0 Å². The number of pyridine rings is 1. The lowest BCUT2D eigenvalue weighted by atomic mass is 9.95. The summed E-state index contributed by atoms with van der Waals surface area (Å²) in [6, 6.07) is 7.90. The molecule has 4 nitrogen and oxygen atoms in total. The van der Waals surface area contributed by atoms with Crippen LogP contribution in [0.5, 0.6) is 0 Å². The first-order valence-electron chi connectivity index (χ1n) is 11.2. The second-order valence-electron chi connectivity index (χ2n) is 8.93. The molecule has 2 aromatic rings. The van der Waals surface area contributed by atoms with Crippen LogP contribution in [-0.4, -0.2) is 48.3 Å². The summed E-state index contributed by atoms with van der Waals surface area (Å²) in [6.07, 6.45) is 3.01. The maximum absolute atomic E-state index is 13.6. The maximum atomic E-state index is 13.6. The smallest absolute Gasteiger partial charge is 0.382 e. The van der Waals surface area contributed by atoms with Crippen LogP contribution < -0.4 is 10.6 Å². The first-order valence-corrected chi connectivity index (χ1v) is 11.2. The van der Waals surface area contributed by atoms with Gasteiger partial charge in [-0.05, 0) is 58.0 Å². The van der Waals surface area contributed by atoms with Crippen molar-refractivity contribution < 1.29 is 13.2 Å². The van der Waals surface area contributed by atoms with Gasteiger partial charge in [0.1, 0.15) is 5.82 Å². The van der Waals surface area contributed by atoms with E-state index in [0.717, 1.165) is 62.7 Å². The topological polar surface area (TPSA) is 40.2 Å². The van der Waals surface area contributed by atoms with Gasteiger partial charge in [0, 0.05) is 28.5 Å². The lowest BCUT2D eigenvalue weighted by Crippen LogP contribution is -2.36. The second kappa shape index (κ2) is 9.07. The van der Waals surface area contributed by atoms with E-state index < -0.39 is 11.7 Å². The lowest BCUT2D eigenvalue weighted by molar-refractivity contribution is -0.0688. The molecule has 2 aliphatic rings. The standard InChI is InChI=1S/C24H31F3N4/c1-16(24(25,26)27)23-19-9-6-10-21(28-18-11-13-31(2)14-12-18)20(19)15-22(30-23)29-17-7-4-3-5-8-17/h6,9-10,15,17-18,28H,1,3-5,7-8,11-14H2,2H3,(H,29,30). The average molecular weight is 433 g/mol. The molecule has 1 aliphatic carbocycles. The SMILES string of the molecule is C=C(c1nc(NC2CCCCC2)cc2c(NC3CCN(C)CC3)cccc12)C(F)(F)F. The van der Waals surface area contributed by atoms with Gasteiger partial charge in [0.25, 0.3) is 0 Å². The summed E-state index contributed by atoms with van der Waals surface area (Å²) in [5, 5.41) is 8.23. The normalized spacial score (nSPS) is 19.5. The zero-order valence-corrected chi connectivity index (χ0v) is 18.1. The van der Waals surface area contributed by atoms with Crippen molar-refractivity contribution in [2.45, 2.75) is 63.2 Å². The molecule has 0 unspecified atom stereocenters. The van der Waals surface area contributed by atoms with Crippen molar-refractivity contribution in [1.82, 2.24) is 9.88 Å². The van der Waals surface area contributed by atoms with Gasteiger partial charge < -0.3 is 15.5 Å². The average Bonchev–Trinajstić information content (AvgIpc) is 2.75. The Morgan fingerprint density at radius 1 is 1.00 bits per heavy atom. The fourth-order valence-corrected chi connectivity index (χ4v) is 4.67. The van der Waals surface area contributed by atoms with Crippen molar-refractivity contribution in [3.8, 4) is 0 Å². The Kier molecular flexibility index (Phi) is 6.42. The molecule has 1 aliphatic heterocycles. The molecule has 1 aromatic carbocycles. The molecule has 2 fully saturated rings. The Labute approximate surface area is 181 Å². The summed E-state index contributed by atoms with van der Waals surface area (Å²) in [7, 11) is 2.11. The van der Waals surface area contributed by atoms with Crippen molar-refractivity contribution in [1.29, 1.82) is 0 Å². The summed E-state index contributed by atoms with van der Waals surface area (Å²) in [4.78, 5) is 6.69. The summed E-state index contributed by atoms with van der Waals surface area (Å²) in [5.74, 6) is 0.498. The van der Waals surface area contributed by atoms with E-state index >= 15 is 0 Å². The van der Waals surface area contributed by atoms with Crippen molar-refractivity contribution in [2.24, 2.45) is 0 Å². The highest BCUT2D eigenvalue weighted by Crippen LogP contribution is 2.38. The Bertz CT molecular complexity index is 926. The van der Waals surface area contributed by atoms with Crippen LogP contribution in [0, 0.1) is 0 Å². The van der Waals surface area contributed by atoms with Crippen LogP contribution in [0.3, 0.4) is 0 Å². The molecule has 0 atom stereocenters. The molecule has 2 N–H and O–H groups in total. The number of hydrogen-bond donors (Lipinski definition) is 2. The minimum absolute atomic E-state index is 0.0877. The van der Waals surface area contributed by atoms with Gasteiger partial charge in [-0.2, -0.15) is 13.2 Å². The summed E-state index contributed by atoms with van der Waals surface area (Å²) in [5.41, 5.74) is -0.131. The van der Waals surface area contributed by atoms with E-state index in [1.165, 1.54) is 6.42 Å². The predicted octanol–water partition coefficient (Wildman–Crippen LogP) is 6.06.